The molecule has 3 heteroatoms. The van der Waals surface area contributed by atoms with Crippen LogP contribution in [0.25, 0.3) is 0 Å². The number of halogens is 1. The van der Waals surface area contributed by atoms with Gasteiger partial charge in [0.2, 0.25) is 0 Å². The fraction of sp³-hybridized carbons (Fsp3) is 0.294. The third kappa shape index (κ3) is 4.35. The fourth-order valence-electron chi connectivity index (χ4n) is 2.08. The van der Waals surface area contributed by atoms with Crippen LogP contribution >= 0.6 is 0 Å². The molecule has 20 heavy (non-hydrogen) atoms. The topological polar surface area (TPSA) is 35.2 Å². The number of ether oxygens (including phenoxy) is 1. The van der Waals surface area contributed by atoms with Crippen LogP contribution in [0, 0.1) is 5.82 Å². The molecule has 2 N–H and O–H groups in total. The molecule has 0 saturated carbocycles. The fourth-order valence-corrected chi connectivity index (χ4v) is 2.08. The average molecular weight is 273 g/mol. The largest absolute Gasteiger partial charge is 0.490 e. The number of hydrogen-bond donors (Lipinski definition) is 1. The van der Waals surface area contributed by atoms with Crippen molar-refractivity contribution in [2.75, 3.05) is 6.61 Å². The molecule has 0 radical (unpaired) electrons. The van der Waals surface area contributed by atoms with Crippen molar-refractivity contribution in [1.82, 2.24) is 0 Å². The summed E-state index contributed by atoms with van der Waals surface area (Å²) in [7, 11) is 0. The predicted octanol–water partition coefficient (Wildman–Crippen LogP) is 3.34. The highest BCUT2D eigenvalue weighted by molar-refractivity contribution is 5.30. The first-order chi connectivity index (χ1) is 9.65. The van der Waals surface area contributed by atoms with E-state index in [9.17, 15) is 4.39 Å². The van der Waals surface area contributed by atoms with E-state index in [1.165, 1.54) is 11.6 Å². The lowest BCUT2D eigenvalue weighted by Gasteiger charge is -2.10. The first-order valence-electron chi connectivity index (χ1n) is 6.86. The van der Waals surface area contributed by atoms with Crippen LogP contribution in [0.2, 0.25) is 0 Å². The monoisotopic (exact) mass is 273 g/mol. The van der Waals surface area contributed by atoms with E-state index >= 15 is 0 Å². The molecule has 0 aliphatic heterocycles. The van der Waals surface area contributed by atoms with Crippen molar-refractivity contribution in [3.63, 3.8) is 0 Å². The van der Waals surface area contributed by atoms with Crippen LogP contribution in [-0.4, -0.2) is 12.6 Å². The van der Waals surface area contributed by atoms with Crippen molar-refractivity contribution < 1.29 is 9.13 Å². The molecule has 0 aliphatic carbocycles. The van der Waals surface area contributed by atoms with Gasteiger partial charge in [-0.25, -0.2) is 4.39 Å². The van der Waals surface area contributed by atoms with Crippen molar-refractivity contribution in [2.24, 2.45) is 5.73 Å². The van der Waals surface area contributed by atoms with Gasteiger partial charge in [0.05, 0.1) is 6.61 Å². The molecule has 0 aromatic heterocycles. The maximum absolute atomic E-state index is 13.9. The van der Waals surface area contributed by atoms with Gasteiger partial charge >= 0.3 is 0 Å². The van der Waals surface area contributed by atoms with E-state index in [0.29, 0.717) is 18.8 Å². The molecule has 1 atom stereocenters. The summed E-state index contributed by atoms with van der Waals surface area (Å²) in [5.41, 5.74) is 7.78. The minimum Gasteiger partial charge on any atom is -0.490 e. The standard InChI is InChI=1S/C17H20FNO/c1-13(19)11-15-7-8-17(16(18)12-15)20-10-9-14-5-3-2-4-6-14/h2-8,12-13H,9-11,19H2,1H3. The van der Waals surface area contributed by atoms with Gasteiger partial charge < -0.3 is 10.5 Å². The number of nitrogens with two attached hydrogens (primary N) is 1. The molecule has 0 fully saturated rings. The summed E-state index contributed by atoms with van der Waals surface area (Å²) in [6.07, 6.45) is 1.43. The molecule has 0 spiro atoms. The van der Waals surface area contributed by atoms with Crippen LogP contribution in [0.5, 0.6) is 5.75 Å². The van der Waals surface area contributed by atoms with Crippen LogP contribution in [-0.2, 0) is 12.8 Å². The van der Waals surface area contributed by atoms with Crippen molar-refractivity contribution in [3.05, 3.63) is 65.5 Å². The summed E-state index contributed by atoms with van der Waals surface area (Å²) in [4.78, 5) is 0. The van der Waals surface area contributed by atoms with Crippen molar-refractivity contribution in [3.8, 4) is 5.75 Å². The Morgan fingerprint density at radius 1 is 1.10 bits per heavy atom. The van der Waals surface area contributed by atoms with E-state index in [1.807, 2.05) is 43.3 Å². The normalized spacial score (nSPS) is 12.2. The van der Waals surface area contributed by atoms with Crippen molar-refractivity contribution in [1.29, 1.82) is 0 Å². The lowest BCUT2D eigenvalue weighted by Crippen LogP contribution is -2.17. The molecule has 0 saturated heterocycles. The maximum atomic E-state index is 13.9. The summed E-state index contributed by atoms with van der Waals surface area (Å²) in [5, 5.41) is 0. The number of hydrogen-bond acceptors (Lipinski definition) is 2. The molecular weight excluding hydrogens is 253 g/mol. The van der Waals surface area contributed by atoms with Gasteiger partial charge in [-0.2, -0.15) is 0 Å². The van der Waals surface area contributed by atoms with Crippen LogP contribution in [0.1, 0.15) is 18.1 Å². The summed E-state index contributed by atoms with van der Waals surface area (Å²) < 4.78 is 19.4. The van der Waals surface area contributed by atoms with Gasteiger partial charge in [-0.05, 0) is 36.6 Å². The van der Waals surface area contributed by atoms with Gasteiger partial charge in [0.25, 0.3) is 0 Å². The van der Waals surface area contributed by atoms with Crippen LogP contribution in [0.3, 0.4) is 0 Å². The predicted molar refractivity (Wildman–Crippen MR) is 79.4 cm³/mol. The second kappa shape index (κ2) is 7.06. The van der Waals surface area contributed by atoms with Gasteiger partial charge in [0.1, 0.15) is 0 Å². The molecule has 106 valence electrons. The third-order valence-corrected chi connectivity index (χ3v) is 3.05. The van der Waals surface area contributed by atoms with Gasteiger partial charge in [-0.1, -0.05) is 36.4 Å². The van der Waals surface area contributed by atoms with Crippen LogP contribution in [0.15, 0.2) is 48.5 Å². The summed E-state index contributed by atoms with van der Waals surface area (Å²) in [6, 6.07) is 15.1. The second-order valence-electron chi connectivity index (χ2n) is 5.03. The van der Waals surface area contributed by atoms with Crippen molar-refractivity contribution >= 4 is 0 Å². The van der Waals surface area contributed by atoms with Crippen LogP contribution < -0.4 is 10.5 Å². The Morgan fingerprint density at radius 2 is 1.85 bits per heavy atom. The molecule has 2 aromatic rings. The van der Waals surface area contributed by atoms with Gasteiger partial charge in [-0.15, -0.1) is 0 Å². The molecule has 2 nitrogen and oxygen atoms in total. The second-order valence-corrected chi connectivity index (χ2v) is 5.03. The highest BCUT2D eigenvalue weighted by atomic mass is 19.1. The Balaban J connectivity index is 1.90. The first-order valence-corrected chi connectivity index (χ1v) is 6.86. The minimum atomic E-state index is -0.323. The quantitative estimate of drug-likeness (QED) is 0.876. The summed E-state index contributed by atoms with van der Waals surface area (Å²) in [6.45, 7) is 2.37. The highest BCUT2D eigenvalue weighted by Gasteiger charge is 2.06. The molecule has 0 aliphatic rings. The molecule has 0 bridgehead atoms. The van der Waals surface area contributed by atoms with Gasteiger partial charge in [0, 0.05) is 12.5 Å². The minimum absolute atomic E-state index is 0.0271. The number of benzene rings is 2. The molecule has 0 heterocycles. The Bertz CT molecular complexity index is 540. The zero-order valence-corrected chi connectivity index (χ0v) is 11.7. The molecule has 2 aromatic carbocycles. The lowest BCUT2D eigenvalue weighted by atomic mass is 10.1. The smallest absolute Gasteiger partial charge is 0.165 e. The zero-order valence-electron chi connectivity index (χ0n) is 11.7. The maximum Gasteiger partial charge on any atom is 0.165 e. The Kier molecular flexibility index (Phi) is 5.13. The Hall–Kier alpha value is -1.87. The SMILES string of the molecule is CC(N)Cc1ccc(OCCc2ccccc2)c(F)c1. The molecule has 0 amide bonds. The molecular formula is C17H20FNO. The van der Waals surface area contributed by atoms with Crippen LogP contribution in [0.4, 0.5) is 4.39 Å². The summed E-state index contributed by atoms with van der Waals surface area (Å²) >= 11 is 0. The number of rotatable bonds is 6. The molecule has 2 rings (SSSR count). The first kappa shape index (κ1) is 14.5. The zero-order chi connectivity index (χ0) is 14.4. The average Bonchev–Trinajstić information content (AvgIpc) is 2.42. The van der Waals surface area contributed by atoms with E-state index in [1.54, 1.807) is 6.07 Å². The molecule has 1 unspecified atom stereocenters. The van der Waals surface area contributed by atoms with Crippen molar-refractivity contribution in [2.45, 2.75) is 25.8 Å². The lowest BCUT2D eigenvalue weighted by molar-refractivity contribution is 0.305. The van der Waals surface area contributed by atoms with E-state index in [-0.39, 0.29) is 11.9 Å². The Labute approximate surface area is 119 Å². The van der Waals surface area contributed by atoms with Gasteiger partial charge in [0.15, 0.2) is 11.6 Å². The van der Waals surface area contributed by atoms with Gasteiger partial charge in [-0.3, -0.25) is 0 Å². The van der Waals surface area contributed by atoms with E-state index < -0.39 is 0 Å². The van der Waals surface area contributed by atoms with E-state index in [0.717, 1.165) is 12.0 Å². The van der Waals surface area contributed by atoms with E-state index in [2.05, 4.69) is 0 Å². The Morgan fingerprint density at radius 3 is 2.50 bits per heavy atom. The summed E-state index contributed by atoms with van der Waals surface area (Å²) in [5.74, 6) is -0.0226. The van der Waals surface area contributed by atoms with E-state index in [4.69, 9.17) is 10.5 Å². The third-order valence-electron chi connectivity index (χ3n) is 3.05. The highest BCUT2D eigenvalue weighted by Crippen LogP contribution is 2.19.